The third kappa shape index (κ3) is 1.59. The van der Waals surface area contributed by atoms with E-state index >= 15 is 0 Å². The Morgan fingerprint density at radius 2 is 1.79 bits per heavy atom. The lowest BCUT2D eigenvalue weighted by Gasteiger charge is -2.03. The van der Waals surface area contributed by atoms with Gasteiger partial charge in [0.05, 0.1) is 11.9 Å². The zero-order valence-electron chi connectivity index (χ0n) is 8.23. The Morgan fingerprint density at radius 3 is 2.29 bits per heavy atom. The Hall–Kier alpha value is -1.84. The van der Waals surface area contributed by atoms with Crippen LogP contribution in [0.1, 0.15) is 11.1 Å². The third-order valence-corrected chi connectivity index (χ3v) is 1.98. The van der Waals surface area contributed by atoms with E-state index in [0.29, 0.717) is 5.82 Å². The molecule has 4 heteroatoms. The van der Waals surface area contributed by atoms with Crippen LogP contribution < -0.4 is 5.73 Å². The van der Waals surface area contributed by atoms with Crippen molar-refractivity contribution in [1.29, 1.82) is 0 Å². The van der Waals surface area contributed by atoms with Gasteiger partial charge in [-0.3, -0.25) is 0 Å². The molecule has 4 nitrogen and oxygen atoms in total. The highest BCUT2D eigenvalue weighted by molar-refractivity contribution is 5.40. The number of aromatic nitrogens is 3. The van der Waals surface area contributed by atoms with E-state index in [-0.39, 0.29) is 0 Å². The van der Waals surface area contributed by atoms with Crippen LogP contribution >= 0.6 is 0 Å². The van der Waals surface area contributed by atoms with Gasteiger partial charge in [0.25, 0.3) is 0 Å². The van der Waals surface area contributed by atoms with Gasteiger partial charge in [-0.2, -0.15) is 0 Å². The topological polar surface area (TPSA) is 56.7 Å². The smallest absolute Gasteiger partial charge is 0.166 e. The van der Waals surface area contributed by atoms with E-state index in [2.05, 4.69) is 30.2 Å². The predicted octanol–water partition coefficient (Wildman–Crippen LogP) is 1.47. The molecule has 2 aromatic rings. The summed E-state index contributed by atoms with van der Waals surface area (Å²) in [6, 6.07) is 6.20. The minimum Gasteiger partial charge on any atom is -0.381 e. The maximum Gasteiger partial charge on any atom is 0.166 e. The second-order valence-corrected chi connectivity index (χ2v) is 3.43. The summed E-state index contributed by atoms with van der Waals surface area (Å²) < 4.78 is 1.68. The summed E-state index contributed by atoms with van der Waals surface area (Å²) in [5.74, 6) is 0.434. The number of aryl methyl sites for hydroxylation is 2. The van der Waals surface area contributed by atoms with Gasteiger partial charge in [0.1, 0.15) is 0 Å². The molecule has 1 aromatic carbocycles. The van der Waals surface area contributed by atoms with Gasteiger partial charge in [-0.25, -0.2) is 4.68 Å². The van der Waals surface area contributed by atoms with Crippen LogP contribution in [0.4, 0.5) is 5.82 Å². The number of anilines is 1. The standard InChI is InChI=1S/C10H12N4/c1-7-3-8(2)5-9(4-7)14-6-10(11)12-13-14/h3-6H,11H2,1-2H3. The van der Waals surface area contributed by atoms with Crippen molar-refractivity contribution in [1.82, 2.24) is 15.0 Å². The van der Waals surface area contributed by atoms with Crippen molar-refractivity contribution in [3.05, 3.63) is 35.5 Å². The molecule has 0 aliphatic heterocycles. The molecule has 1 aromatic heterocycles. The predicted molar refractivity (Wildman–Crippen MR) is 55.2 cm³/mol. The highest BCUT2D eigenvalue weighted by Crippen LogP contribution is 2.12. The second-order valence-electron chi connectivity index (χ2n) is 3.43. The van der Waals surface area contributed by atoms with Crippen LogP contribution in [0.15, 0.2) is 24.4 Å². The molecule has 0 saturated heterocycles. The molecule has 0 spiro atoms. The van der Waals surface area contributed by atoms with Gasteiger partial charge in [0, 0.05) is 0 Å². The van der Waals surface area contributed by atoms with Gasteiger partial charge in [-0.1, -0.05) is 11.3 Å². The zero-order chi connectivity index (χ0) is 10.1. The monoisotopic (exact) mass is 188 g/mol. The number of nitrogens with zero attached hydrogens (tertiary/aromatic N) is 3. The molecule has 0 bridgehead atoms. The number of benzene rings is 1. The van der Waals surface area contributed by atoms with Crippen molar-refractivity contribution < 1.29 is 0 Å². The van der Waals surface area contributed by atoms with Crippen LogP contribution in [-0.4, -0.2) is 15.0 Å². The molecule has 1 heterocycles. The Balaban J connectivity index is 2.51. The van der Waals surface area contributed by atoms with Crippen LogP contribution in [-0.2, 0) is 0 Å². The number of rotatable bonds is 1. The van der Waals surface area contributed by atoms with Crippen LogP contribution in [0.25, 0.3) is 5.69 Å². The van der Waals surface area contributed by atoms with Gasteiger partial charge in [0.15, 0.2) is 5.82 Å². The van der Waals surface area contributed by atoms with Crippen molar-refractivity contribution in [2.24, 2.45) is 0 Å². The molecule has 0 radical (unpaired) electrons. The molecule has 0 amide bonds. The SMILES string of the molecule is Cc1cc(C)cc(-n2cc(N)nn2)c1. The van der Waals surface area contributed by atoms with E-state index in [1.807, 2.05) is 12.1 Å². The average molecular weight is 188 g/mol. The summed E-state index contributed by atoms with van der Waals surface area (Å²) in [4.78, 5) is 0. The Labute approximate surface area is 82.4 Å². The van der Waals surface area contributed by atoms with E-state index in [1.54, 1.807) is 10.9 Å². The normalized spacial score (nSPS) is 10.4. The average Bonchev–Trinajstić information content (AvgIpc) is 2.50. The van der Waals surface area contributed by atoms with Crippen molar-refractivity contribution in [2.75, 3.05) is 5.73 Å². The molecule has 0 fully saturated rings. The first-order chi connectivity index (χ1) is 6.65. The van der Waals surface area contributed by atoms with Gasteiger partial charge < -0.3 is 5.73 Å². The molecule has 0 saturated carbocycles. The van der Waals surface area contributed by atoms with Crippen LogP contribution in [0.5, 0.6) is 0 Å². The summed E-state index contributed by atoms with van der Waals surface area (Å²) in [6.45, 7) is 4.10. The lowest BCUT2D eigenvalue weighted by Crippen LogP contribution is -1.96. The van der Waals surface area contributed by atoms with E-state index in [9.17, 15) is 0 Å². The first-order valence-electron chi connectivity index (χ1n) is 4.41. The number of nitrogen functional groups attached to an aromatic ring is 1. The molecular formula is C10H12N4. The van der Waals surface area contributed by atoms with E-state index in [1.165, 1.54) is 11.1 Å². The minimum atomic E-state index is 0.434. The lowest BCUT2D eigenvalue weighted by atomic mass is 10.1. The summed E-state index contributed by atoms with van der Waals surface area (Å²) in [5.41, 5.74) is 8.90. The zero-order valence-corrected chi connectivity index (χ0v) is 8.23. The first kappa shape index (κ1) is 8.74. The van der Waals surface area contributed by atoms with E-state index < -0.39 is 0 Å². The molecule has 2 rings (SSSR count). The summed E-state index contributed by atoms with van der Waals surface area (Å²) in [6.07, 6.45) is 1.70. The van der Waals surface area contributed by atoms with Crippen LogP contribution in [0.2, 0.25) is 0 Å². The van der Waals surface area contributed by atoms with Crippen molar-refractivity contribution in [3.8, 4) is 5.69 Å². The van der Waals surface area contributed by atoms with Crippen molar-refractivity contribution in [2.45, 2.75) is 13.8 Å². The first-order valence-corrected chi connectivity index (χ1v) is 4.41. The molecule has 0 aliphatic rings. The minimum absolute atomic E-state index is 0.434. The lowest BCUT2D eigenvalue weighted by molar-refractivity contribution is 0.802. The molecule has 0 aliphatic carbocycles. The fraction of sp³-hybridized carbons (Fsp3) is 0.200. The summed E-state index contributed by atoms with van der Waals surface area (Å²) >= 11 is 0. The van der Waals surface area contributed by atoms with Crippen LogP contribution in [0, 0.1) is 13.8 Å². The maximum atomic E-state index is 5.50. The summed E-state index contributed by atoms with van der Waals surface area (Å²) in [5, 5.41) is 7.65. The summed E-state index contributed by atoms with van der Waals surface area (Å²) in [7, 11) is 0. The highest BCUT2D eigenvalue weighted by Gasteiger charge is 2.00. The maximum absolute atomic E-state index is 5.50. The van der Waals surface area contributed by atoms with Gasteiger partial charge in [-0.15, -0.1) is 5.10 Å². The third-order valence-electron chi connectivity index (χ3n) is 1.98. The van der Waals surface area contributed by atoms with E-state index in [4.69, 9.17) is 5.73 Å². The number of nitrogens with two attached hydrogens (primary N) is 1. The quantitative estimate of drug-likeness (QED) is 0.737. The van der Waals surface area contributed by atoms with Crippen LogP contribution in [0.3, 0.4) is 0 Å². The fourth-order valence-electron chi connectivity index (χ4n) is 1.49. The largest absolute Gasteiger partial charge is 0.381 e. The van der Waals surface area contributed by atoms with Crippen molar-refractivity contribution in [3.63, 3.8) is 0 Å². The fourth-order valence-corrected chi connectivity index (χ4v) is 1.49. The molecule has 0 unspecified atom stereocenters. The Bertz CT molecular complexity index is 439. The molecular weight excluding hydrogens is 176 g/mol. The molecule has 72 valence electrons. The van der Waals surface area contributed by atoms with Crippen molar-refractivity contribution >= 4 is 5.82 Å². The Morgan fingerprint density at radius 1 is 1.14 bits per heavy atom. The molecule has 0 atom stereocenters. The Kier molecular flexibility index (Phi) is 1.96. The highest BCUT2D eigenvalue weighted by atomic mass is 15.4. The van der Waals surface area contributed by atoms with Gasteiger partial charge in [0.2, 0.25) is 0 Å². The van der Waals surface area contributed by atoms with Gasteiger partial charge >= 0.3 is 0 Å². The number of hydrogen-bond acceptors (Lipinski definition) is 3. The molecule has 14 heavy (non-hydrogen) atoms. The number of hydrogen-bond donors (Lipinski definition) is 1. The van der Waals surface area contributed by atoms with Gasteiger partial charge in [-0.05, 0) is 37.1 Å². The van der Waals surface area contributed by atoms with E-state index in [0.717, 1.165) is 5.69 Å². The molecule has 2 N–H and O–H groups in total. The second kappa shape index (κ2) is 3.14.